The van der Waals surface area contributed by atoms with Gasteiger partial charge in [0.25, 0.3) is 5.91 Å². The fraction of sp³-hybridized carbons (Fsp3) is 0.429. The molecule has 2 aromatic heterocycles. The maximum absolute atomic E-state index is 12.2. The highest BCUT2D eigenvalue weighted by Gasteiger charge is 2.21. The van der Waals surface area contributed by atoms with Crippen molar-refractivity contribution in [1.29, 1.82) is 0 Å². The van der Waals surface area contributed by atoms with Gasteiger partial charge in [0.1, 0.15) is 16.4 Å². The second-order valence-electron chi connectivity index (χ2n) is 5.18. The van der Waals surface area contributed by atoms with E-state index in [1.807, 2.05) is 0 Å². The maximum Gasteiger partial charge on any atom is 0.270 e. The molecule has 6 nitrogen and oxygen atoms in total. The third kappa shape index (κ3) is 5.10. The zero-order valence-corrected chi connectivity index (χ0v) is 15.0. The zero-order valence-electron chi connectivity index (χ0n) is 12.6. The van der Waals surface area contributed by atoms with E-state index in [9.17, 15) is 4.79 Å². The van der Waals surface area contributed by atoms with Gasteiger partial charge >= 0.3 is 0 Å². The van der Waals surface area contributed by atoms with Gasteiger partial charge in [-0.1, -0.05) is 0 Å². The van der Waals surface area contributed by atoms with E-state index in [-0.39, 0.29) is 36.8 Å². The predicted octanol–water partition coefficient (Wildman–Crippen LogP) is 2.31. The van der Waals surface area contributed by atoms with Gasteiger partial charge in [-0.25, -0.2) is 4.98 Å². The SMILES string of the molecule is CC1CC(NC(=O)c2csc(-c3cnccn3)n2)CCN1.Cl.Cl. The lowest BCUT2D eigenvalue weighted by Crippen LogP contribution is -2.46. The van der Waals surface area contributed by atoms with Crippen LogP contribution in [0.4, 0.5) is 0 Å². The van der Waals surface area contributed by atoms with E-state index in [0.717, 1.165) is 19.4 Å². The average Bonchev–Trinajstić information content (AvgIpc) is 2.98. The molecule has 23 heavy (non-hydrogen) atoms. The number of piperidine rings is 1. The number of nitrogens with zero attached hydrogens (tertiary/aromatic N) is 3. The summed E-state index contributed by atoms with van der Waals surface area (Å²) in [6.07, 6.45) is 6.79. The summed E-state index contributed by atoms with van der Waals surface area (Å²) < 4.78 is 0. The van der Waals surface area contributed by atoms with Crippen LogP contribution in [0.3, 0.4) is 0 Å². The number of halogens is 2. The second-order valence-corrected chi connectivity index (χ2v) is 6.04. The van der Waals surface area contributed by atoms with Crippen LogP contribution in [0, 0.1) is 0 Å². The summed E-state index contributed by atoms with van der Waals surface area (Å²) in [6.45, 7) is 3.07. The predicted molar refractivity (Wildman–Crippen MR) is 95.6 cm³/mol. The normalized spacial score (nSPS) is 20.0. The standard InChI is InChI=1S/C14H17N5OS.2ClH/c1-9-6-10(2-3-16-9)18-13(20)12-8-21-14(19-12)11-7-15-4-5-17-11;;/h4-5,7-10,16H,2-3,6H2,1H3,(H,18,20);2*1H. The summed E-state index contributed by atoms with van der Waals surface area (Å²) in [7, 11) is 0. The van der Waals surface area contributed by atoms with Crippen LogP contribution in [0.2, 0.25) is 0 Å². The van der Waals surface area contributed by atoms with Crippen LogP contribution in [-0.4, -0.2) is 39.5 Å². The van der Waals surface area contributed by atoms with E-state index < -0.39 is 0 Å². The molecule has 1 fully saturated rings. The van der Waals surface area contributed by atoms with Crippen LogP contribution in [-0.2, 0) is 0 Å². The summed E-state index contributed by atoms with van der Waals surface area (Å²) >= 11 is 1.41. The van der Waals surface area contributed by atoms with Crippen molar-refractivity contribution in [3.63, 3.8) is 0 Å². The Hall–Kier alpha value is -1.28. The minimum absolute atomic E-state index is 0. The molecular weight excluding hydrogens is 357 g/mol. The summed E-state index contributed by atoms with van der Waals surface area (Å²) in [5.74, 6) is -0.111. The fourth-order valence-corrected chi connectivity index (χ4v) is 3.19. The highest BCUT2D eigenvalue weighted by molar-refractivity contribution is 7.13. The van der Waals surface area contributed by atoms with Gasteiger partial charge in [-0.2, -0.15) is 0 Å². The van der Waals surface area contributed by atoms with E-state index >= 15 is 0 Å². The molecule has 2 aromatic rings. The van der Waals surface area contributed by atoms with Crippen LogP contribution < -0.4 is 10.6 Å². The van der Waals surface area contributed by atoms with E-state index in [0.29, 0.717) is 22.4 Å². The van der Waals surface area contributed by atoms with Crippen LogP contribution in [0.25, 0.3) is 10.7 Å². The number of nitrogens with one attached hydrogen (secondary N) is 2. The molecule has 0 saturated carbocycles. The molecule has 3 heterocycles. The van der Waals surface area contributed by atoms with Gasteiger partial charge < -0.3 is 10.6 Å². The Bertz CT molecular complexity index is 625. The summed E-state index contributed by atoms with van der Waals surface area (Å²) in [6, 6.07) is 0.657. The minimum Gasteiger partial charge on any atom is -0.348 e. The van der Waals surface area contributed by atoms with E-state index in [1.54, 1.807) is 24.0 Å². The van der Waals surface area contributed by atoms with Gasteiger partial charge in [0.2, 0.25) is 0 Å². The molecule has 3 rings (SSSR count). The van der Waals surface area contributed by atoms with Crippen molar-refractivity contribution in [3.8, 4) is 10.7 Å². The molecule has 0 spiro atoms. The van der Waals surface area contributed by atoms with Crippen LogP contribution in [0.1, 0.15) is 30.3 Å². The van der Waals surface area contributed by atoms with Gasteiger partial charge in [0, 0.05) is 29.9 Å². The summed E-state index contributed by atoms with van der Waals surface area (Å²) in [5.41, 5.74) is 1.14. The number of amides is 1. The average molecular weight is 376 g/mol. The summed E-state index contributed by atoms with van der Waals surface area (Å²) in [4.78, 5) is 24.8. The highest BCUT2D eigenvalue weighted by atomic mass is 35.5. The van der Waals surface area contributed by atoms with Crippen molar-refractivity contribution in [2.75, 3.05) is 6.54 Å². The highest BCUT2D eigenvalue weighted by Crippen LogP contribution is 2.21. The van der Waals surface area contributed by atoms with Gasteiger partial charge in [-0.3, -0.25) is 14.8 Å². The molecule has 0 aliphatic carbocycles. The molecule has 9 heteroatoms. The molecular formula is C14H19Cl2N5OS. The van der Waals surface area contributed by atoms with Gasteiger partial charge in [0.05, 0.1) is 6.20 Å². The third-order valence-electron chi connectivity index (χ3n) is 3.48. The molecule has 1 aliphatic rings. The van der Waals surface area contributed by atoms with Crippen molar-refractivity contribution in [2.24, 2.45) is 0 Å². The lowest BCUT2D eigenvalue weighted by atomic mass is 10.0. The molecule has 126 valence electrons. The lowest BCUT2D eigenvalue weighted by molar-refractivity contribution is 0.0921. The molecule has 2 unspecified atom stereocenters. The molecule has 1 aliphatic heterocycles. The Morgan fingerprint density at radius 1 is 1.39 bits per heavy atom. The molecule has 0 radical (unpaired) electrons. The monoisotopic (exact) mass is 375 g/mol. The topological polar surface area (TPSA) is 79.8 Å². The van der Waals surface area contributed by atoms with Crippen LogP contribution >= 0.6 is 36.2 Å². The number of rotatable bonds is 3. The van der Waals surface area contributed by atoms with Crippen molar-refractivity contribution in [3.05, 3.63) is 29.7 Å². The minimum atomic E-state index is -0.111. The number of hydrogen-bond acceptors (Lipinski definition) is 6. The van der Waals surface area contributed by atoms with Crippen LogP contribution in [0.5, 0.6) is 0 Å². The van der Waals surface area contributed by atoms with Gasteiger partial charge in [0.15, 0.2) is 0 Å². The molecule has 0 bridgehead atoms. The molecule has 1 amide bonds. The third-order valence-corrected chi connectivity index (χ3v) is 4.34. The molecule has 0 aromatic carbocycles. The molecule has 2 N–H and O–H groups in total. The Kier molecular flexibility index (Phi) is 7.84. The first kappa shape index (κ1) is 19.8. The van der Waals surface area contributed by atoms with E-state index in [4.69, 9.17) is 0 Å². The Morgan fingerprint density at radius 2 is 2.22 bits per heavy atom. The van der Waals surface area contributed by atoms with E-state index in [1.165, 1.54) is 11.3 Å². The van der Waals surface area contributed by atoms with Crippen LogP contribution in [0.15, 0.2) is 24.0 Å². The number of thiazole rings is 1. The quantitative estimate of drug-likeness (QED) is 0.860. The zero-order chi connectivity index (χ0) is 14.7. The molecule has 1 saturated heterocycles. The summed E-state index contributed by atoms with van der Waals surface area (Å²) in [5, 5.41) is 8.91. The Balaban J connectivity index is 0.00000132. The van der Waals surface area contributed by atoms with Crippen molar-refractivity contribution < 1.29 is 4.79 Å². The van der Waals surface area contributed by atoms with Crippen molar-refractivity contribution >= 4 is 42.1 Å². The van der Waals surface area contributed by atoms with Gasteiger partial charge in [-0.05, 0) is 26.3 Å². The Labute approximate surface area is 151 Å². The molecule has 2 atom stereocenters. The number of aromatic nitrogens is 3. The number of hydrogen-bond donors (Lipinski definition) is 2. The Morgan fingerprint density at radius 3 is 2.91 bits per heavy atom. The van der Waals surface area contributed by atoms with E-state index in [2.05, 4.69) is 32.5 Å². The number of carbonyl (C=O) groups is 1. The first-order valence-electron chi connectivity index (χ1n) is 6.98. The first-order chi connectivity index (χ1) is 10.2. The number of carbonyl (C=O) groups excluding carboxylic acids is 1. The maximum atomic E-state index is 12.2. The largest absolute Gasteiger partial charge is 0.348 e. The lowest BCUT2D eigenvalue weighted by Gasteiger charge is -2.28. The van der Waals surface area contributed by atoms with Crippen molar-refractivity contribution in [1.82, 2.24) is 25.6 Å². The smallest absolute Gasteiger partial charge is 0.270 e. The second kappa shape index (κ2) is 9.12. The van der Waals surface area contributed by atoms with Crippen molar-refractivity contribution in [2.45, 2.75) is 31.8 Å². The first-order valence-corrected chi connectivity index (χ1v) is 7.86. The fourth-order valence-electron chi connectivity index (χ4n) is 2.43. The van der Waals surface area contributed by atoms with Gasteiger partial charge in [-0.15, -0.1) is 36.2 Å².